The molecule has 33 heavy (non-hydrogen) atoms. The lowest BCUT2D eigenvalue weighted by atomic mass is 9.99. The normalized spacial score (nSPS) is 18.1. The van der Waals surface area contributed by atoms with Crippen LogP contribution in [-0.4, -0.2) is 26.4 Å². The predicted molar refractivity (Wildman–Crippen MR) is 122 cm³/mol. The number of hydrogen-bond acceptors (Lipinski definition) is 3. The van der Waals surface area contributed by atoms with Gasteiger partial charge < -0.3 is 14.2 Å². The SMILES string of the molecule is C=CC1CCC(COc2ccc(-c3ccc(-c4ccc(OC)c(F)c4F)cc3)c(F)c2)CO1. The summed E-state index contributed by atoms with van der Waals surface area (Å²) in [5.41, 5.74) is 1.60. The van der Waals surface area contributed by atoms with Crippen LogP contribution >= 0.6 is 0 Å². The first-order valence-electron chi connectivity index (χ1n) is 10.8. The Hall–Kier alpha value is -3.25. The maximum absolute atomic E-state index is 14.8. The molecule has 0 aromatic heterocycles. The molecule has 3 aromatic rings. The number of halogens is 3. The van der Waals surface area contributed by atoms with Crippen molar-refractivity contribution in [3.63, 3.8) is 0 Å². The summed E-state index contributed by atoms with van der Waals surface area (Å²) in [6.45, 7) is 4.80. The lowest BCUT2D eigenvalue weighted by molar-refractivity contribution is -0.00285. The van der Waals surface area contributed by atoms with Gasteiger partial charge in [-0.1, -0.05) is 30.3 Å². The van der Waals surface area contributed by atoms with Crippen LogP contribution in [0.2, 0.25) is 0 Å². The van der Waals surface area contributed by atoms with Gasteiger partial charge in [0, 0.05) is 23.1 Å². The first kappa shape index (κ1) is 22.9. The smallest absolute Gasteiger partial charge is 0.201 e. The average Bonchev–Trinajstić information content (AvgIpc) is 2.85. The lowest BCUT2D eigenvalue weighted by Crippen LogP contribution is -2.28. The quantitative estimate of drug-likeness (QED) is 0.367. The van der Waals surface area contributed by atoms with E-state index in [-0.39, 0.29) is 23.3 Å². The molecule has 2 atom stereocenters. The lowest BCUT2D eigenvalue weighted by Gasteiger charge is -2.27. The minimum atomic E-state index is -1.04. The first-order valence-corrected chi connectivity index (χ1v) is 10.8. The molecule has 1 heterocycles. The van der Waals surface area contributed by atoms with Gasteiger partial charge in [-0.15, -0.1) is 6.58 Å². The molecule has 3 nitrogen and oxygen atoms in total. The van der Waals surface area contributed by atoms with Crippen molar-refractivity contribution in [1.29, 1.82) is 0 Å². The Kier molecular flexibility index (Phi) is 7.04. The van der Waals surface area contributed by atoms with E-state index in [0.717, 1.165) is 12.8 Å². The summed E-state index contributed by atoms with van der Waals surface area (Å²) in [5.74, 6) is -1.89. The largest absolute Gasteiger partial charge is 0.494 e. The molecule has 0 bridgehead atoms. The van der Waals surface area contributed by atoms with Gasteiger partial charge in [0.25, 0.3) is 0 Å². The van der Waals surface area contributed by atoms with Gasteiger partial charge in [-0.3, -0.25) is 0 Å². The molecule has 0 radical (unpaired) electrons. The highest BCUT2D eigenvalue weighted by molar-refractivity contribution is 5.71. The fourth-order valence-corrected chi connectivity index (χ4v) is 3.92. The Balaban J connectivity index is 1.44. The molecular formula is C27H25F3O3. The Labute approximate surface area is 191 Å². The second-order valence-corrected chi connectivity index (χ2v) is 8.02. The molecule has 0 spiro atoms. The van der Waals surface area contributed by atoms with Gasteiger partial charge in [-0.05, 0) is 48.2 Å². The zero-order valence-electron chi connectivity index (χ0n) is 18.3. The van der Waals surface area contributed by atoms with Gasteiger partial charge in [0.15, 0.2) is 11.6 Å². The third kappa shape index (κ3) is 5.06. The predicted octanol–water partition coefficient (Wildman–Crippen LogP) is 6.81. The summed E-state index contributed by atoms with van der Waals surface area (Å²) in [6.07, 6.45) is 3.80. The number of benzene rings is 3. The monoisotopic (exact) mass is 454 g/mol. The van der Waals surface area contributed by atoms with Crippen LogP contribution in [0.1, 0.15) is 12.8 Å². The first-order chi connectivity index (χ1) is 16.0. The minimum absolute atomic E-state index is 0.101. The Morgan fingerprint density at radius 2 is 1.64 bits per heavy atom. The Bertz CT molecular complexity index is 1120. The molecule has 1 saturated heterocycles. The standard InChI is InChI=1S/C27H25F3O3/c1-3-20-9-4-17(15-32-20)16-33-21-10-11-22(24(28)14-21)18-5-7-19(8-6-18)23-12-13-25(31-2)27(30)26(23)29/h3,5-8,10-14,17,20H,1,4,9,15-16H2,2H3. The third-order valence-corrected chi connectivity index (χ3v) is 5.87. The highest BCUT2D eigenvalue weighted by Gasteiger charge is 2.20. The summed E-state index contributed by atoms with van der Waals surface area (Å²) < 4.78 is 59.4. The van der Waals surface area contributed by atoms with Crippen LogP contribution < -0.4 is 9.47 Å². The van der Waals surface area contributed by atoms with Gasteiger partial charge in [0.05, 0.1) is 26.4 Å². The molecule has 0 saturated carbocycles. The molecule has 0 aliphatic carbocycles. The summed E-state index contributed by atoms with van der Waals surface area (Å²) >= 11 is 0. The number of methoxy groups -OCH3 is 1. The van der Waals surface area contributed by atoms with Crippen molar-refractivity contribution < 1.29 is 27.4 Å². The van der Waals surface area contributed by atoms with E-state index in [1.54, 1.807) is 36.4 Å². The van der Waals surface area contributed by atoms with E-state index in [4.69, 9.17) is 14.2 Å². The number of ether oxygens (including phenoxy) is 3. The van der Waals surface area contributed by atoms with E-state index >= 15 is 0 Å². The summed E-state index contributed by atoms with van der Waals surface area (Å²) in [5, 5.41) is 0. The van der Waals surface area contributed by atoms with Crippen LogP contribution in [0, 0.1) is 23.4 Å². The van der Waals surface area contributed by atoms with Crippen molar-refractivity contribution in [2.75, 3.05) is 20.3 Å². The van der Waals surface area contributed by atoms with Crippen molar-refractivity contribution in [3.8, 4) is 33.8 Å². The van der Waals surface area contributed by atoms with Crippen LogP contribution in [0.4, 0.5) is 13.2 Å². The summed E-state index contributed by atoms with van der Waals surface area (Å²) in [6, 6.07) is 14.2. The van der Waals surface area contributed by atoms with Crippen molar-refractivity contribution in [3.05, 3.63) is 84.7 Å². The van der Waals surface area contributed by atoms with E-state index in [2.05, 4.69) is 6.58 Å². The van der Waals surface area contributed by atoms with E-state index in [9.17, 15) is 13.2 Å². The molecule has 6 heteroatoms. The topological polar surface area (TPSA) is 27.7 Å². The van der Waals surface area contributed by atoms with Gasteiger partial charge in [-0.25, -0.2) is 8.78 Å². The molecular weight excluding hydrogens is 429 g/mol. The van der Waals surface area contributed by atoms with Crippen LogP contribution in [0.3, 0.4) is 0 Å². The average molecular weight is 454 g/mol. The molecule has 0 N–H and O–H groups in total. The van der Waals surface area contributed by atoms with Crippen molar-refractivity contribution in [2.45, 2.75) is 18.9 Å². The second kappa shape index (κ2) is 10.1. The second-order valence-electron chi connectivity index (χ2n) is 8.02. The third-order valence-electron chi connectivity index (χ3n) is 5.87. The van der Waals surface area contributed by atoms with Gasteiger partial charge >= 0.3 is 0 Å². The molecule has 172 valence electrons. The van der Waals surface area contributed by atoms with Crippen molar-refractivity contribution >= 4 is 0 Å². The summed E-state index contributed by atoms with van der Waals surface area (Å²) in [4.78, 5) is 0. The molecule has 1 fully saturated rings. The highest BCUT2D eigenvalue weighted by atomic mass is 19.2. The van der Waals surface area contributed by atoms with E-state index in [1.165, 1.54) is 25.3 Å². The molecule has 2 unspecified atom stereocenters. The molecule has 4 rings (SSSR count). The van der Waals surface area contributed by atoms with Gasteiger partial charge in [0.2, 0.25) is 5.82 Å². The van der Waals surface area contributed by atoms with E-state index in [1.807, 2.05) is 6.08 Å². The minimum Gasteiger partial charge on any atom is -0.494 e. The molecule has 3 aromatic carbocycles. The van der Waals surface area contributed by atoms with Crippen LogP contribution in [0.15, 0.2) is 67.3 Å². The van der Waals surface area contributed by atoms with Crippen LogP contribution in [0.5, 0.6) is 11.5 Å². The van der Waals surface area contributed by atoms with Crippen molar-refractivity contribution in [2.24, 2.45) is 5.92 Å². The van der Waals surface area contributed by atoms with Gasteiger partial charge in [0.1, 0.15) is 11.6 Å². The Morgan fingerprint density at radius 3 is 2.24 bits per heavy atom. The summed E-state index contributed by atoms with van der Waals surface area (Å²) in [7, 11) is 1.28. The molecule has 0 amide bonds. The maximum Gasteiger partial charge on any atom is 0.201 e. The fraction of sp³-hybridized carbons (Fsp3) is 0.259. The number of hydrogen-bond donors (Lipinski definition) is 0. The van der Waals surface area contributed by atoms with Crippen molar-refractivity contribution in [1.82, 2.24) is 0 Å². The molecule has 1 aliphatic heterocycles. The van der Waals surface area contributed by atoms with Crippen LogP contribution in [0.25, 0.3) is 22.3 Å². The maximum atomic E-state index is 14.8. The molecule has 1 aliphatic rings. The Morgan fingerprint density at radius 1 is 0.939 bits per heavy atom. The fourth-order valence-electron chi connectivity index (χ4n) is 3.92. The van der Waals surface area contributed by atoms with E-state index in [0.29, 0.717) is 35.7 Å². The zero-order valence-corrected chi connectivity index (χ0v) is 18.3. The highest BCUT2D eigenvalue weighted by Crippen LogP contribution is 2.32. The van der Waals surface area contributed by atoms with Crippen LogP contribution in [-0.2, 0) is 4.74 Å². The number of rotatable bonds is 7. The zero-order chi connectivity index (χ0) is 23.4. The van der Waals surface area contributed by atoms with E-state index < -0.39 is 17.5 Å². The van der Waals surface area contributed by atoms with Gasteiger partial charge in [-0.2, -0.15) is 4.39 Å².